The summed E-state index contributed by atoms with van der Waals surface area (Å²) in [5.41, 5.74) is 5.63. The molecule has 0 aliphatic rings. The fraction of sp³-hybridized carbons (Fsp3) is 0.462. The Kier molecular flexibility index (Phi) is 8.74. The summed E-state index contributed by atoms with van der Waals surface area (Å²) in [6, 6.07) is 5.06. The Bertz CT molecular complexity index is 398. The lowest BCUT2D eigenvalue weighted by Gasteiger charge is -2.13. The van der Waals surface area contributed by atoms with Crippen LogP contribution in [-0.4, -0.2) is 33.3 Å². The number of para-hydroxylation sites is 1. The third-order valence-electron chi connectivity index (χ3n) is 2.45. The molecule has 0 fully saturated rings. The molecule has 108 valence electrons. The Morgan fingerprint density at radius 1 is 1.21 bits per heavy atom. The summed E-state index contributed by atoms with van der Waals surface area (Å²) in [6.07, 6.45) is 1.74. The van der Waals surface area contributed by atoms with Crippen LogP contribution >= 0.6 is 12.4 Å². The van der Waals surface area contributed by atoms with E-state index in [1.54, 1.807) is 25.3 Å². The van der Waals surface area contributed by atoms with Gasteiger partial charge in [-0.1, -0.05) is 6.07 Å². The van der Waals surface area contributed by atoms with Crippen LogP contribution in [0.1, 0.15) is 23.2 Å². The maximum absolute atomic E-state index is 11.3. The van der Waals surface area contributed by atoms with E-state index in [9.17, 15) is 4.79 Å². The molecule has 0 bridgehead atoms. The molecule has 2 N–H and O–H groups in total. The van der Waals surface area contributed by atoms with Crippen molar-refractivity contribution in [3.8, 4) is 11.5 Å². The number of amides is 1. The van der Waals surface area contributed by atoms with Gasteiger partial charge in [0.1, 0.15) is 0 Å². The molecule has 0 aliphatic heterocycles. The van der Waals surface area contributed by atoms with E-state index in [1.165, 1.54) is 7.11 Å². The van der Waals surface area contributed by atoms with Gasteiger partial charge >= 0.3 is 0 Å². The highest BCUT2D eigenvalue weighted by molar-refractivity contribution is 5.96. The molecule has 1 amide bonds. The number of halogens is 1. The Morgan fingerprint density at radius 3 is 2.47 bits per heavy atom. The quantitative estimate of drug-likeness (QED) is 0.743. The fourth-order valence-corrected chi connectivity index (χ4v) is 1.54. The van der Waals surface area contributed by atoms with Crippen LogP contribution in [0.5, 0.6) is 11.5 Å². The first-order chi connectivity index (χ1) is 8.70. The van der Waals surface area contributed by atoms with Crippen molar-refractivity contribution in [3.63, 3.8) is 0 Å². The summed E-state index contributed by atoms with van der Waals surface area (Å²) < 4.78 is 15.7. The van der Waals surface area contributed by atoms with Crippen LogP contribution < -0.4 is 15.2 Å². The number of carbonyl (C=O) groups excluding carboxylic acids is 1. The number of methoxy groups -OCH3 is 2. The summed E-state index contributed by atoms with van der Waals surface area (Å²) in [5.74, 6) is 0.392. The number of carbonyl (C=O) groups is 1. The van der Waals surface area contributed by atoms with E-state index in [0.717, 1.165) is 12.8 Å². The van der Waals surface area contributed by atoms with Crippen molar-refractivity contribution in [3.05, 3.63) is 23.8 Å². The van der Waals surface area contributed by atoms with Crippen molar-refractivity contribution >= 4 is 18.3 Å². The molecule has 0 heterocycles. The van der Waals surface area contributed by atoms with E-state index >= 15 is 0 Å². The molecule has 0 saturated heterocycles. The first-order valence-electron chi connectivity index (χ1n) is 5.79. The molecule has 0 saturated carbocycles. The normalized spacial score (nSPS) is 9.58. The zero-order chi connectivity index (χ0) is 13.4. The second kappa shape index (κ2) is 9.47. The zero-order valence-electron chi connectivity index (χ0n) is 11.2. The smallest absolute Gasteiger partial charge is 0.252 e. The van der Waals surface area contributed by atoms with Gasteiger partial charge in [-0.15, -0.1) is 12.4 Å². The van der Waals surface area contributed by atoms with Gasteiger partial charge in [0.15, 0.2) is 11.5 Å². The van der Waals surface area contributed by atoms with E-state index in [0.29, 0.717) is 30.3 Å². The Hall–Kier alpha value is -1.46. The Labute approximate surface area is 119 Å². The molecular formula is C13H20ClNO4. The van der Waals surface area contributed by atoms with Crippen LogP contribution in [0.15, 0.2) is 18.2 Å². The number of ether oxygens (including phenoxy) is 3. The third kappa shape index (κ3) is 5.36. The molecule has 0 spiro atoms. The van der Waals surface area contributed by atoms with Crippen LogP contribution in [0.2, 0.25) is 0 Å². The van der Waals surface area contributed by atoms with Crippen molar-refractivity contribution in [1.29, 1.82) is 0 Å². The minimum atomic E-state index is -0.527. The molecule has 1 aromatic rings. The predicted octanol–water partition coefficient (Wildman–Crippen LogP) is 2.02. The van der Waals surface area contributed by atoms with Crippen LogP contribution in [-0.2, 0) is 4.74 Å². The Morgan fingerprint density at radius 2 is 1.89 bits per heavy atom. The maximum atomic E-state index is 11.3. The fourth-order valence-electron chi connectivity index (χ4n) is 1.54. The maximum Gasteiger partial charge on any atom is 0.252 e. The van der Waals surface area contributed by atoms with Gasteiger partial charge in [-0.3, -0.25) is 4.79 Å². The average molecular weight is 290 g/mol. The van der Waals surface area contributed by atoms with Crippen LogP contribution in [0, 0.1) is 0 Å². The van der Waals surface area contributed by atoms with Gasteiger partial charge in [-0.2, -0.15) is 0 Å². The highest BCUT2D eigenvalue weighted by Crippen LogP contribution is 2.30. The van der Waals surface area contributed by atoms with Crippen molar-refractivity contribution in [2.75, 3.05) is 27.4 Å². The summed E-state index contributed by atoms with van der Waals surface area (Å²) in [6.45, 7) is 1.18. The number of hydrogen-bond acceptors (Lipinski definition) is 4. The van der Waals surface area contributed by atoms with E-state index in [-0.39, 0.29) is 12.4 Å². The minimum absolute atomic E-state index is 0. The molecule has 19 heavy (non-hydrogen) atoms. The van der Waals surface area contributed by atoms with Gasteiger partial charge in [0.25, 0.3) is 5.91 Å². The van der Waals surface area contributed by atoms with E-state index in [1.807, 2.05) is 0 Å². The van der Waals surface area contributed by atoms with Gasteiger partial charge in [0, 0.05) is 13.7 Å². The lowest BCUT2D eigenvalue weighted by Crippen LogP contribution is -2.14. The molecule has 1 rings (SSSR count). The lowest BCUT2D eigenvalue weighted by atomic mass is 10.1. The number of rotatable bonds is 8. The molecule has 0 aromatic heterocycles. The number of hydrogen-bond donors (Lipinski definition) is 1. The van der Waals surface area contributed by atoms with Crippen molar-refractivity contribution in [1.82, 2.24) is 0 Å². The molecule has 0 atom stereocenters. The third-order valence-corrected chi connectivity index (χ3v) is 2.45. The number of benzene rings is 1. The summed E-state index contributed by atoms with van der Waals surface area (Å²) >= 11 is 0. The monoisotopic (exact) mass is 289 g/mol. The second-order valence-corrected chi connectivity index (χ2v) is 3.75. The largest absolute Gasteiger partial charge is 0.493 e. The molecular weight excluding hydrogens is 270 g/mol. The molecule has 6 heteroatoms. The van der Waals surface area contributed by atoms with Crippen molar-refractivity contribution in [2.45, 2.75) is 12.8 Å². The highest BCUT2D eigenvalue weighted by Gasteiger charge is 2.14. The molecule has 1 aromatic carbocycles. The average Bonchev–Trinajstić information content (AvgIpc) is 2.38. The zero-order valence-corrected chi connectivity index (χ0v) is 12.0. The number of nitrogens with two attached hydrogens (primary N) is 1. The molecule has 0 unspecified atom stereocenters. The molecule has 0 radical (unpaired) electrons. The van der Waals surface area contributed by atoms with Crippen LogP contribution in [0.25, 0.3) is 0 Å². The van der Waals surface area contributed by atoms with Gasteiger partial charge < -0.3 is 19.9 Å². The highest BCUT2D eigenvalue weighted by atomic mass is 35.5. The van der Waals surface area contributed by atoms with Gasteiger partial charge in [0.2, 0.25) is 0 Å². The van der Waals surface area contributed by atoms with Gasteiger partial charge in [-0.05, 0) is 25.0 Å². The molecule has 0 aliphatic carbocycles. The second-order valence-electron chi connectivity index (χ2n) is 3.75. The van der Waals surface area contributed by atoms with Crippen LogP contribution in [0.4, 0.5) is 0 Å². The summed E-state index contributed by atoms with van der Waals surface area (Å²) in [7, 11) is 3.18. The number of unbranched alkanes of at least 4 members (excludes halogenated alkanes) is 1. The Balaban J connectivity index is 0.00000324. The van der Waals surface area contributed by atoms with Crippen molar-refractivity contribution < 1.29 is 19.0 Å². The molecule has 5 nitrogen and oxygen atoms in total. The van der Waals surface area contributed by atoms with E-state index < -0.39 is 5.91 Å². The number of primary amides is 1. The van der Waals surface area contributed by atoms with Gasteiger partial charge in [0.05, 0.1) is 19.3 Å². The predicted molar refractivity (Wildman–Crippen MR) is 75.4 cm³/mol. The van der Waals surface area contributed by atoms with Gasteiger partial charge in [-0.25, -0.2) is 0 Å². The van der Waals surface area contributed by atoms with E-state index in [4.69, 9.17) is 19.9 Å². The minimum Gasteiger partial charge on any atom is -0.493 e. The van der Waals surface area contributed by atoms with Crippen LogP contribution in [0.3, 0.4) is 0 Å². The summed E-state index contributed by atoms with van der Waals surface area (Å²) in [5, 5.41) is 0. The van der Waals surface area contributed by atoms with E-state index in [2.05, 4.69) is 0 Å². The SMILES string of the molecule is COCCCCOc1c(OC)cccc1C(N)=O.Cl. The first kappa shape index (κ1) is 17.5. The summed E-state index contributed by atoms with van der Waals surface area (Å²) in [4.78, 5) is 11.3. The topological polar surface area (TPSA) is 70.8 Å². The first-order valence-corrected chi connectivity index (χ1v) is 5.79. The lowest BCUT2D eigenvalue weighted by molar-refractivity contribution is 0.0995. The van der Waals surface area contributed by atoms with Crippen molar-refractivity contribution in [2.24, 2.45) is 5.73 Å². The standard InChI is InChI=1S/C13H19NO4.ClH/c1-16-8-3-4-9-18-12-10(13(14)15)6-5-7-11(12)17-2;/h5-7H,3-4,8-9H2,1-2H3,(H2,14,15);1H.